The number of carbonyl (C=O) groups is 3. The average molecular weight is 382 g/mol. The van der Waals surface area contributed by atoms with Crippen LogP contribution in [0.5, 0.6) is 0 Å². The quantitative estimate of drug-likeness (QED) is 0.442. The van der Waals surface area contributed by atoms with Crippen molar-refractivity contribution in [1.29, 1.82) is 0 Å². The molecule has 1 aromatic rings. The number of hydrogen-bond acceptors (Lipinski definition) is 6. The summed E-state index contributed by atoms with van der Waals surface area (Å²) in [6.45, 7) is 0. The monoisotopic (exact) mass is 381 g/mol. The number of carbonyl (C=O) groups excluding carboxylic acids is 2. The number of aliphatic carboxylic acids is 1. The molecule has 8 heteroatoms. The Morgan fingerprint density at radius 2 is 2.00 bits per heavy atom. The van der Waals surface area contributed by atoms with E-state index in [0.29, 0.717) is 22.6 Å². The molecule has 1 aliphatic rings. The van der Waals surface area contributed by atoms with Gasteiger partial charge in [0, 0.05) is 5.56 Å². The maximum Gasteiger partial charge on any atom is 0.326 e. The zero-order valence-corrected chi connectivity index (χ0v) is 15.2. The molecule has 0 saturated carbocycles. The minimum atomic E-state index is -1.06. The van der Waals surface area contributed by atoms with E-state index < -0.39 is 17.9 Å². The van der Waals surface area contributed by atoms with Crippen LogP contribution in [0.2, 0.25) is 0 Å². The highest BCUT2D eigenvalue weighted by atomic mass is 32.2. The van der Waals surface area contributed by atoms with Crippen molar-refractivity contribution in [2.45, 2.75) is 12.5 Å². The fraction of sp³-hybridized carbons (Fsp3) is 0.250. The van der Waals surface area contributed by atoms with E-state index in [-0.39, 0.29) is 4.32 Å². The summed E-state index contributed by atoms with van der Waals surface area (Å²) in [6.07, 6.45) is 4.62. The Labute approximate surface area is 153 Å². The van der Waals surface area contributed by atoms with Crippen LogP contribution in [0.4, 0.5) is 0 Å². The number of amides is 1. The lowest BCUT2D eigenvalue weighted by Crippen LogP contribution is -2.44. The minimum Gasteiger partial charge on any atom is -0.480 e. The molecule has 1 aromatic carbocycles. The SMILES string of the molecule is CSCCC(C(=O)O)N1C(=O)/C(=C/c2ccc(C=O)cc2)SC1=S. The first-order valence-electron chi connectivity index (χ1n) is 7.02. The number of rotatable bonds is 7. The third-order valence-electron chi connectivity index (χ3n) is 3.39. The summed E-state index contributed by atoms with van der Waals surface area (Å²) in [7, 11) is 0. The first-order chi connectivity index (χ1) is 11.5. The van der Waals surface area contributed by atoms with Gasteiger partial charge in [-0.3, -0.25) is 14.5 Å². The van der Waals surface area contributed by atoms with E-state index in [4.69, 9.17) is 12.2 Å². The predicted molar refractivity (Wildman–Crippen MR) is 101 cm³/mol. The van der Waals surface area contributed by atoms with E-state index in [1.54, 1.807) is 30.3 Å². The first kappa shape index (κ1) is 18.7. The molecule has 5 nitrogen and oxygen atoms in total. The molecule has 1 N–H and O–H groups in total. The van der Waals surface area contributed by atoms with Gasteiger partial charge in [-0.1, -0.05) is 48.2 Å². The molecule has 1 heterocycles. The molecule has 1 unspecified atom stereocenters. The van der Waals surface area contributed by atoms with Crippen molar-refractivity contribution in [3.63, 3.8) is 0 Å². The van der Waals surface area contributed by atoms with E-state index in [2.05, 4.69) is 0 Å². The Kier molecular flexibility index (Phi) is 6.59. The van der Waals surface area contributed by atoms with Gasteiger partial charge in [-0.25, -0.2) is 4.79 Å². The van der Waals surface area contributed by atoms with E-state index in [1.165, 1.54) is 16.7 Å². The molecule has 126 valence electrons. The third kappa shape index (κ3) is 4.25. The Morgan fingerprint density at radius 1 is 1.38 bits per heavy atom. The summed E-state index contributed by atoms with van der Waals surface area (Å²) >= 11 is 7.82. The topological polar surface area (TPSA) is 74.7 Å². The second kappa shape index (κ2) is 8.46. The first-order valence-corrected chi connectivity index (χ1v) is 9.64. The van der Waals surface area contributed by atoms with Gasteiger partial charge in [-0.15, -0.1) is 0 Å². The molecule has 0 bridgehead atoms. The molecule has 0 aromatic heterocycles. The van der Waals surface area contributed by atoms with Crippen molar-refractivity contribution in [3.05, 3.63) is 40.3 Å². The fourth-order valence-corrected chi connectivity index (χ4v) is 3.98. The van der Waals surface area contributed by atoms with Crippen LogP contribution in [-0.2, 0) is 9.59 Å². The summed E-state index contributed by atoms with van der Waals surface area (Å²) in [6, 6.07) is 5.79. The van der Waals surface area contributed by atoms with E-state index in [1.807, 2.05) is 6.26 Å². The van der Waals surface area contributed by atoms with Crippen molar-refractivity contribution in [3.8, 4) is 0 Å². The van der Waals surface area contributed by atoms with Crippen molar-refractivity contribution in [1.82, 2.24) is 4.90 Å². The number of nitrogens with zero attached hydrogens (tertiary/aromatic N) is 1. The highest BCUT2D eigenvalue weighted by Crippen LogP contribution is 2.34. The smallest absolute Gasteiger partial charge is 0.326 e. The molecule has 1 saturated heterocycles. The number of carboxylic acid groups (broad SMARTS) is 1. The van der Waals surface area contributed by atoms with Gasteiger partial charge in [0.2, 0.25) is 0 Å². The molecule has 1 atom stereocenters. The maximum atomic E-state index is 12.6. The number of thiocarbonyl (C=S) groups is 1. The molecule has 1 fully saturated rings. The number of hydrogen-bond donors (Lipinski definition) is 1. The Bertz CT molecular complexity index is 700. The zero-order chi connectivity index (χ0) is 17.7. The maximum absolute atomic E-state index is 12.6. The van der Waals surface area contributed by atoms with Gasteiger partial charge in [0.1, 0.15) is 16.6 Å². The van der Waals surface area contributed by atoms with Gasteiger partial charge in [-0.05, 0) is 30.1 Å². The van der Waals surface area contributed by atoms with Gasteiger partial charge in [0.15, 0.2) is 0 Å². The lowest BCUT2D eigenvalue weighted by atomic mass is 10.1. The van der Waals surface area contributed by atoms with Crippen molar-refractivity contribution in [2.24, 2.45) is 0 Å². The average Bonchev–Trinajstić information content (AvgIpc) is 2.83. The van der Waals surface area contributed by atoms with Crippen LogP contribution in [0.15, 0.2) is 29.2 Å². The molecule has 0 spiro atoms. The van der Waals surface area contributed by atoms with Crippen LogP contribution in [-0.4, -0.2) is 50.5 Å². The van der Waals surface area contributed by atoms with Gasteiger partial charge < -0.3 is 5.11 Å². The van der Waals surface area contributed by atoms with Crippen LogP contribution >= 0.6 is 35.7 Å². The summed E-state index contributed by atoms with van der Waals surface area (Å²) in [4.78, 5) is 36.3. The minimum absolute atomic E-state index is 0.254. The summed E-state index contributed by atoms with van der Waals surface area (Å²) < 4.78 is 0.254. The van der Waals surface area contributed by atoms with Crippen molar-refractivity contribution < 1.29 is 19.5 Å². The van der Waals surface area contributed by atoms with Crippen LogP contribution in [0.25, 0.3) is 6.08 Å². The second-order valence-electron chi connectivity index (χ2n) is 4.97. The molecule has 1 amide bonds. The van der Waals surface area contributed by atoms with Crippen LogP contribution in [0, 0.1) is 0 Å². The Hall–Kier alpha value is -1.64. The molecule has 1 aliphatic heterocycles. The van der Waals surface area contributed by atoms with Gasteiger partial charge >= 0.3 is 5.97 Å². The number of benzene rings is 1. The van der Waals surface area contributed by atoms with Gasteiger partial charge in [0.05, 0.1) is 4.91 Å². The lowest BCUT2D eigenvalue weighted by molar-refractivity contribution is -0.145. The van der Waals surface area contributed by atoms with Gasteiger partial charge in [0.25, 0.3) is 5.91 Å². The third-order valence-corrected chi connectivity index (χ3v) is 5.36. The van der Waals surface area contributed by atoms with Crippen LogP contribution < -0.4 is 0 Å². The van der Waals surface area contributed by atoms with Crippen LogP contribution in [0.1, 0.15) is 22.3 Å². The summed E-state index contributed by atoms with van der Waals surface area (Å²) in [5.41, 5.74) is 1.29. The van der Waals surface area contributed by atoms with E-state index in [0.717, 1.165) is 23.6 Å². The van der Waals surface area contributed by atoms with Crippen molar-refractivity contribution in [2.75, 3.05) is 12.0 Å². The second-order valence-corrected chi connectivity index (χ2v) is 7.63. The van der Waals surface area contributed by atoms with E-state index >= 15 is 0 Å². The summed E-state index contributed by atoms with van der Waals surface area (Å²) in [5, 5.41) is 9.40. The fourth-order valence-electron chi connectivity index (χ4n) is 2.16. The highest BCUT2D eigenvalue weighted by Gasteiger charge is 2.40. The molecule has 2 rings (SSSR count). The Balaban J connectivity index is 2.24. The normalized spacial score (nSPS) is 17.4. The van der Waals surface area contributed by atoms with Crippen molar-refractivity contribution >= 4 is 64.3 Å². The predicted octanol–water partition coefficient (Wildman–Crippen LogP) is 2.91. The molecule has 0 aliphatic carbocycles. The molecular weight excluding hydrogens is 366 g/mol. The Morgan fingerprint density at radius 3 is 2.54 bits per heavy atom. The highest BCUT2D eigenvalue weighted by molar-refractivity contribution is 8.26. The number of aldehydes is 1. The standard InChI is InChI=1S/C16H15NO4S3/c1-23-7-6-12(15(20)21)17-14(19)13(24-16(17)22)8-10-2-4-11(9-18)5-3-10/h2-5,8-9,12H,6-7H2,1H3,(H,20,21)/b13-8-. The molecule has 0 radical (unpaired) electrons. The van der Waals surface area contributed by atoms with Crippen LogP contribution in [0.3, 0.4) is 0 Å². The van der Waals surface area contributed by atoms with Gasteiger partial charge in [-0.2, -0.15) is 11.8 Å². The largest absolute Gasteiger partial charge is 0.480 e. The zero-order valence-electron chi connectivity index (χ0n) is 12.8. The lowest BCUT2D eigenvalue weighted by Gasteiger charge is -2.22. The molecular formula is C16H15NO4S3. The number of thioether (sulfide) groups is 2. The number of carboxylic acids is 1. The molecule has 24 heavy (non-hydrogen) atoms. The van der Waals surface area contributed by atoms with E-state index in [9.17, 15) is 19.5 Å². The summed E-state index contributed by atoms with van der Waals surface area (Å²) in [5.74, 6) is -0.824.